The van der Waals surface area contributed by atoms with Gasteiger partial charge in [-0.2, -0.15) is 4.80 Å². The van der Waals surface area contributed by atoms with Crippen molar-refractivity contribution in [2.75, 3.05) is 18.6 Å². The number of amides is 1. The van der Waals surface area contributed by atoms with E-state index in [-0.39, 0.29) is 36.0 Å². The van der Waals surface area contributed by atoms with Gasteiger partial charge in [0.2, 0.25) is 11.7 Å². The summed E-state index contributed by atoms with van der Waals surface area (Å²) in [6.07, 6.45) is 4.47. The van der Waals surface area contributed by atoms with Crippen molar-refractivity contribution in [3.63, 3.8) is 0 Å². The number of tetrazole rings is 1. The third-order valence-corrected chi connectivity index (χ3v) is 7.42. The Morgan fingerprint density at radius 1 is 1.24 bits per heavy atom. The van der Waals surface area contributed by atoms with Gasteiger partial charge < -0.3 is 9.64 Å². The first kappa shape index (κ1) is 19.8. The van der Waals surface area contributed by atoms with Gasteiger partial charge in [-0.1, -0.05) is 25.0 Å². The molecule has 0 N–H and O–H groups in total. The Morgan fingerprint density at radius 3 is 2.72 bits per heavy atom. The van der Waals surface area contributed by atoms with Crippen LogP contribution in [0.5, 0.6) is 5.75 Å². The lowest BCUT2D eigenvalue weighted by Gasteiger charge is -2.33. The average Bonchev–Trinajstić information content (AvgIpc) is 3.44. The van der Waals surface area contributed by atoms with Gasteiger partial charge in [-0.15, -0.1) is 10.2 Å². The van der Waals surface area contributed by atoms with E-state index in [2.05, 4.69) is 15.4 Å². The third-order valence-electron chi connectivity index (χ3n) is 5.67. The Bertz CT molecular complexity index is 984. The molecular formula is C19H25N5O4S. The highest BCUT2D eigenvalue weighted by atomic mass is 32.2. The summed E-state index contributed by atoms with van der Waals surface area (Å²) in [4.78, 5) is 16.2. The number of hydrogen-bond donors (Lipinski definition) is 0. The van der Waals surface area contributed by atoms with Crippen LogP contribution < -0.4 is 4.74 Å². The molecule has 4 rings (SSSR count). The van der Waals surface area contributed by atoms with Crippen molar-refractivity contribution in [3.8, 4) is 17.1 Å². The summed E-state index contributed by atoms with van der Waals surface area (Å²) < 4.78 is 29.1. The molecule has 156 valence electrons. The molecule has 0 radical (unpaired) electrons. The molecule has 0 bridgehead atoms. The smallest absolute Gasteiger partial charge is 0.246 e. The topological polar surface area (TPSA) is 107 Å². The number of aromatic nitrogens is 4. The minimum absolute atomic E-state index is 0.0507. The molecule has 10 heteroatoms. The van der Waals surface area contributed by atoms with Gasteiger partial charge in [0.05, 0.1) is 18.6 Å². The zero-order valence-electron chi connectivity index (χ0n) is 16.4. The molecule has 1 aromatic carbocycles. The van der Waals surface area contributed by atoms with Crippen molar-refractivity contribution >= 4 is 15.7 Å². The van der Waals surface area contributed by atoms with E-state index in [0.29, 0.717) is 18.0 Å². The normalized spacial score (nSPS) is 21.3. The van der Waals surface area contributed by atoms with Crippen molar-refractivity contribution in [1.82, 2.24) is 25.1 Å². The van der Waals surface area contributed by atoms with Gasteiger partial charge in [0.1, 0.15) is 12.3 Å². The van der Waals surface area contributed by atoms with E-state index in [0.717, 1.165) is 31.2 Å². The minimum Gasteiger partial charge on any atom is -0.497 e. The van der Waals surface area contributed by atoms with E-state index in [9.17, 15) is 13.2 Å². The average molecular weight is 420 g/mol. The van der Waals surface area contributed by atoms with Crippen molar-refractivity contribution in [2.45, 2.75) is 50.7 Å². The highest BCUT2D eigenvalue weighted by molar-refractivity contribution is 7.91. The largest absolute Gasteiger partial charge is 0.497 e. The molecule has 29 heavy (non-hydrogen) atoms. The molecule has 0 unspecified atom stereocenters. The Labute approximate surface area is 169 Å². The number of carbonyl (C=O) groups excluding carboxylic acids is 1. The fraction of sp³-hybridized carbons (Fsp3) is 0.579. The van der Waals surface area contributed by atoms with Gasteiger partial charge in [-0.3, -0.25) is 4.79 Å². The van der Waals surface area contributed by atoms with E-state index in [1.54, 1.807) is 18.1 Å². The molecule has 1 aliphatic carbocycles. The number of carbonyl (C=O) groups is 1. The number of hydrogen-bond acceptors (Lipinski definition) is 7. The summed E-state index contributed by atoms with van der Waals surface area (Å²) in [6.45, 7) is -0.0516. The molecule has 9 nitrogen and oxygen atoms in total. The van der Waals surface area contributed by atoms with E-state index < -0.39 is 9.84 Å². The second kappa shape index (κ2) is 8.10. The lowest BCUT2D eigenvalue weighted by molar-refractivity contribution is -0.136. The molecule has 0 spiro atoms. The minimum atomic E-state index is -3.07. The van der Waals surface area contributed by atoms with Gasteiger partial charge >= 0.3 is 0 Å². The summed E-state index contributed by atoms with van der Waals surface area (Å²) in [6, 6.07) is 7.16. The van der Waals surface area contributed by atoms with E-state index in [1.165, 1.54) is 4.80 Å². The lowest BCUT2D eigenvalue weighted by Crippen LogP contribution is -2.48. The zero-order chi connectivity index (χ0) is 20.4. The molecule has 1 amide bonds. The van der Waals surface area contributed by atoms with E-state index in [1.807, 2.05) is 18.2 Å². The van der Waals surface area contributed by atoms with E-state index >= 15 is 0 Å². The van der Waals surface area contributed by atoms with Crippen LogP contribution in [0.1, 0.15) is 32.1 Å². The summed E-state index contributed by atoms with van der Waals surface area (Å²) in [5.74, 6) is 1.15. The number of rotatable bonds is 6. The molecule has 1 aliphatic heterocycles. The molecule has 1 aromatic heterocycles. The molecule has 2 aliphatic rings. The highest BCUT2D eigenvalue weighted by Gasteiger charge is 2.39. The van der Waals surface area contributed by atoms with Crippen molar-refractivity contribution in [1.29, 1.82) is 0 Å². The maximum atomic E-state index is 13.1. The van der Waals surface area contributed by atoms with Crippen LogP contribution in [0.3, 0.4) is 0 Å². The van der Waals surface area contributed by atoms with Gasteiger partial charge in [-0.05, 0) is 36.6 Å². The number of ether oxygens (including phenoxy) is 1. The molecule has 2 aromatic rings. The standard InChI is InChI=1S/C19H25N5O4S/c1-28-17-8-4-5-14(11-17)19-20-22-23(21-19)12-18(25)24(15-6-2-3-7-15)16-9-10-29(26,27)13-16/h4-5,8,11,15-16H,2-3,6-7,9-10,12-13H2,1H3/t16-/m0/s1. The summed E-state index contributed by atoms with van der Waals surface area (Å²) in [5.41, 5.74) is 0.748. The Kier molecular flexibility index (Phi) is 5.53. The van der Waals surface area contributed by atoms with Crippen LogP contribution >= 0.6 is 0 Å². The highest BCUT2D eigenvalue weighted by Crippen LogP contribution is 2.29. The van der Waals surface area contributed by atoms with Crippen molar-refractivity contribution in [3.05, 3.63) is 24.3 Å². The van der Waals surface area contributed by atoms with Crippen LogP contribution in [0.4, 0.5) is 0 Å². The summed E-state index contributed by atoms with van der Waals surface area (Å²) >= 11 is 0. The second-order valence-electron chi connectivity index (χ2n) is 7.67. The quantitative estimate of drug-likeness (QED) is 0.695. The van der Waals surface area contributed by atoms with Crippen LogP contribution in [0.15, 0.2) is 24.3 Å². The monoisotopic (exact) mass is 419 g/mol. The van der Waals surface area contributed by atoms with Gasteiger partial charge in [0.15, 0.2) is 9.84 Å². The van der Waals surface area contributed by atoms with Crippen LogP contribution in [0.2, 0.25) is 0 Å². The second-order valence-corrected chi connectivity index (χ2v) is 9.90. The van der Waals surface area contributed by atoms with Gasteiger partial charge in [-0.25, -0.2) is 8.42 Å². The first-order valence-electron chi connectivity index (χ1n) is 9.89. The summed E-state index contributed by atoms with van der Waals surface area (Å²) in [5, 5.41) is 12.4. The molecular weight excluding hydrogens is 394 g/mol. The Morgan fingerprint density at radius 2 is 2.03 bits per heavy atom. The Hall–Kier alpha value is -2.49. The maximum absolute atomic E-state index is 13.1. The first-order valence-corrected chi connectivity index (χ1v) is 11.7. The predicted octanol–water partition coefficient (Wildman–Crippen LogP) is 1.31. The van der Waals surface area contributed by atoms with Crippen LogP contribution in [0, 0.1) is 0 Å². The fourth-order valence-electron chi connectivity index (χ4n) is 4.27. The maximum Gasteiger partial charge on any atom is 0.246 e. The zero-order valence-corrected chi connectivity index (χ0v) is 17.2. The predicted molar refractivity (Wildman–Crippen MR) is 106 cm³/mol. The van der Waals surface area contributed by atoms with E-state index in [4.69, 9.17) is 4.74 Å². The SMILES string of the molecule is COc1cccc(-c2nnn(CC(=O)N(C3CCCC3)[C@H]3CCS(=O)(=O)C3)n2)c1. The molecule has 2 heterocycles. The van der Waals surface area contributed by atoms with Crippen molar-refractivity contribution < 1.29 is 17.9 Å². The van der Waals surface area contributed by atoms with Gasteiger partial charge in [0, 0.05) is 17.6 Å². The Balaban J connectivity index is 1.51. The van der Waals surface area contributed by atoms with Crippen LogP contribution in [-0.4, -0.2) is 70.1 Å². The van der Waals surface area contributed by atoms with Crippen LogP contribution in [-0.2, 0) is 21.2 Å². The molecule has 1 saturated heterocycles. The lowest BCUT2D eigenvalue weighted by atomic mass is 10.1. The molecule has 2 fully saturated rings. The number of sulfone groups is 1. The van der Waals surface area contributed by atoms with Crippen molar-refractivity contribution in [2.24, 2.45) is 0 Å². The first-order chi connectivity index (χ1) is 13.9. The number of nitrogens with zero attached hydrogens (tertiary/aromatic N) is 5. The molecule has 1 saturated carbocycles. The van der Waals surface area contributed by atoms with Crippen LogP contribution in [0.25, 0.3) is 11.4 Å². The molecule has 1 atom stereocenters. The van der Waals surface area contributed by atoms with Gasteiger partial charge in [0.25, 0.3) is 0 Å². The summed E-state index contributed by atoms with van der Waals surface area (Å²) in [7, 11) is -1.48. The number of benzene rings is 1. The fourth-order valence-corrected chi connectivity index (χ4v) is 5.98. The third kappa shape index (κ3) is 4.42. The number of methoxy groups -OCH3 is 1.